The fourth-order valence-electron chi connectivity index (χ4n) is 5.66. The minimum absolute atomic E-state index is 0.0339. The monoisotopic (exact) mass is 488 g/mol. The number of carbonyl (C=O) groups is 2. The summed E-state index contributed by atoms with van der Waals surface area (Å²) in [4.78, 5) is 34.7. The van der Waals surface area contributed by atoms with Crippen molar-refractivity contribution < 1.29 is 9.59 Å². The Morgan fingerprint density at radius 2 is 1.78 bits per heavy atom. The Labute approximate surface area is 212 Å². The molecule has 3 fully saturated rings. The Kier molecular flexibility index (Phi) is 6.96. The van der Waals surface area contributed by atoms with E-state index in [-0.39, 0.29) is 23.8 Å². The largest absolute Gasteiger partial charge is 0.342 e. The highest BCUT2D eigenvalue weighted by atomic mass is 16.2. The molecule has 5 rings (SSSR count). The number of nitrogens with two attached hydrogens (primary N) is 1. The number of guanidine groups is 1. The number of nitrogens with one attached hydrogen (secondary N) is 2. The van der Waals surface area contributed by atoms with E-state index in [0.717, 1.165) is 43.0 Å². The number of piperidine rings is 1. The van der Waals surface area contributed by atoms with Gasteiger partial charge in [0.1, 0.15) is 5.54 Å². The Hall–Kier alpha value is -3.39. The zero-order valence-electron chi connectivity index (χ0n) is 21.0. The molecule has 2 aromatic carbocycles. The molecule has 8 heteroatoms. The van der Waals surface area contributed by atoms with Crippen LogP contribution in [0.1, 0.15) is 55.8 Å². The number of ketones is 1. The molecule has 0 bridgehead atoms. The van der Waals surface area contributed by atoms with Gasteiger partial charge in [-0.3, -0.25) is 9.59 Å². The summed E-state index contributed by atoms with van der Waals surface area (Å²) in [7, 11) is 0. The summed E-state index contributed by atoms with van der Waals surface area (Å²) in [6, 6.07) is 18.2. The first-order valence-corrected chi connectivity index (χ1v) is 13.0. The SMILES string of the molecule is CC(=O)c1cccc(NC(=NC2CCC(N)CC2)N2CCC3(CC2)C(=O)NCN3c2ccccc2)c1. The lowest BCUT2D eigenvalue weighted by molar-refractivity contribution is -0.124. The maximum atomic E-state index is 13.1. The van der Waals surface area contributed by atoms with Gasteiger partial charge in [-0.15, -0.1) is 0 Å². The molecule has 0 aromatic heterocycles. The average molecular weight is 489 g/mol. The highest BCUT2D eigenvalue weighted by Gasteiger charge is 2.50. The van der Waals surface area contributed by atoms with E-state index in [9.17, 15) is 9.59 Å². The number of hydrogen-bond acceptors (Lipinski definition) is 5. The number of benzene rings is 2. The van der Waals surface area contributed by atoms with Gasteiger partial charge in [0.15, 0.2) is 11.7 Å². The molecular formula is C28H36N6O2. The summed E-state index contributed by atoms with van der Waals surface area (Å²) in [5.74, 6) is 0.954. The maximum Gasteiger partial charge on any atom is 0.247 e. The normalized spacial score (nSPS) is 24.1. The van der Waals surface area contributed by atoms with Gasteiger partial charge in [-0.1, -0.05) is 30.3 Å². The van der Waals surface area contributed by atoms with Crippen LogP contribution in [0.4, 0.5) is 11.4 Å². The molecule has 190 valence electrons. The summed E-state index contributed by atoms with van der Waals surface area (Å²) in [5, 5.41) is 6.59. The molecule has 3 aliphatic rings. The van der Waals surface area contributed by atoms with E-state index in [2.05, 4.69) is 32.6 Å². The maximum absolute atomic E-state index is 13.1. The van der Waals surface area contributed by atoms with Crippen molar-refractivity contribution in [2.75, 3.05) is 30.0 Å². The fraction of sp³-hybridized carbons (Fsp3) is 0.464. The average Bonchev–Trinajstić information content (AvgIpc) is 3.21. The highest BCUT2D eigenvalue weighted by Crippen LogP contribution is 2.36. The van der Waals surface area contributed by atoms with Crippen LogP contribution in [-0.4, -0.2) is 59.9 Å². The van der Waals surface area contributed by atoms with Crippen molar-refractivity contribution in [2.24, 2.45) is 10.7 Å². The lowest BCUT2D eigenvalue weighted by atomic mass is 9.85. The van der Waals surface area contributed by atoms with Gasteiger partial charge in [-0.25, -0.2) is 4.99 Å². The molecule has 1 aliphatic carbocycles. The van der Waals surface area contributed by atoms with Crippen molar-refractivity contribution in [3.63, 3.8) is 0 Å². The molecular weight excluding hydrogens is 452 g/mol. The minimum Gasteiger partial charge on any atom is -0.342 e. The topological polar surface area (TPSA) is 103 Å². The van der Waals surface area contributed by atoms with Gasteiger partial charge in [-0.2, -0.15) is 0 Å². The summed E-state index contributed by atoms with van der Waals surface area (Å²) in [6.07, 6.45) is 5.33. The van der Waals surface area contributed by atoms with Crippen molar-refractivity contribution in [3.05, 3.63) is 60.2 Å². The van der Waals surface area contributed by atoms with Crippen molar-refractivity contribution in [1.82, 2.24) is 10.2 Å². The third-order valence-electron chi connectivity index (χ3n) is 7.87. The molecule has 1 saturated carbocycles. The predicted molar refractivity (Wildman–Crippen MR) is 143 cm³/mol. The van der Waals surface area contributed by atoms with Crippen molar-refractivity contribution in [1.29, 1.82) is 0 Å². The number of hydrogen-bond donors (Lipinski definition) is 3. The van der Waals surface area contributed by atoms with Gasteiger partial charge >= 0.3 is 0 Å². The van der Waals surface area contributed by atoms with Crippen LogP contribution in [0.2, 0.25) is 0 Å². The fourth-order valence-corrected chi connectivity index (χ4v) is 5.66. The first-order valence-electron chi connectivity index (χ1n) is 13.0. The summed E-state index contributed by atoms with van der Waals surface area (Å²) in [5.41, 5.74) is 8.16. The van der Waals surface area contributed by atoms with Gasteiger partial charge in [0, 0.05) is 36.1 Å². The second-order valence-corrected chi connectivity index (χ2v) is 10.2. The number of Topliss-reactive ketones (excluding diaryl/α,β-unsaturated/α-hetero) is 1. The molecule has 0 atom stereocenters. The standard InChI is InChI=1S/C28H36N6O2/c1-20(35)21-6-5-7-24(18-21)32-27(31-23-12-10-22(29)11-13-23)33-16-14-28(15-17-33)26(36)30-19-34(28)25-8-3-2-4-9-25/h2-9,18,22-23H,10-17,19,29H2,1H3,(H,30,36)(H,31,32). The summed E-state index contributed by atoms with van der Waals surface area (Å²) in [6.45, 7) is 3.53. The van der Waals surface area contributed by atoms with E-state index in [1.165, 1.54) is 0 Å². The molecule has 8 nitrogen and oxygen atoms in total. The Morgan fingerprint density at radius 1 is 1.06 bits per heavy atom. The summed E-state index contributed by atoms with van der Waals surface area (Å²) >= 11 is 0. The second kappa shape index (κ2) is 10.3. The zero-order chi connectivity index (χ0) is 25.1. The minimum atomic E-state index is -0.547. The first kappa shape index (κ1) is 24.3. The van der Waals surface area contributed by atoms with Gasteiger partial charge < -0.3 is 26.2 Å². The molecule has 36 heavy (non-hydrogen) atoms. The molecule has 1 spiro atoms. The first-order chi connectivity index (χ1) is 17.4. The van der Waals surface area contributed by atoms with Gasteiger partial charge in [0.25, 0.3) is 0 Å². The Bertz CT molecular complexity index is 1120. The van der Waals surface area contributed by atoms with E-state index in [1.54, 1.807) is 6.92 Å². The quantitative estimate of drug-likeness (QED) is 0.347. The Morgan fingerprint density at radius 3 is 2.47 bits per heavy atom. The zero-order valence-corrected chi connectivity index (χ0v) is 21.0. The van der Waals surface area contributed by atoms with Crippen LogP contribution < -0.4 is 21.3 Å². The van der Waals surface area contributed by atoms with E-state index < -0.39 is 5.54 Å². The Balaban J connectivity index is 1.37. The summed E-state index contributed by atoms with van der Waals surface area (Å²) < 4.78 is 0. The number of aliphatic imine (C=N–C) groups is 1. The molecule has 2 aromatic rings. The van der Waals surface area contributed by atoms with Crippen LogP contribution in [0.5, 0.6) is 0 Å². The van der Waals surface area contributed by atoms with Crippen LogP contribution in [0.15, 0.2) is 59.6 Å². The molecule has 2 aliphatic heterocycles. The number of carbonyl (C=O) groups excluding carboxylic acids is 2. The molecule has 2 saturated heterocycles. The lowest BCUT2D eigenvalue weighted by Crippen LogP contribution is -2.58. The predicted octanol–water partition coefficient (Wildman–Crippen LogP) is 3.36. The van der Waals surface area contributed by atoms with Crippen molar-refractivity contribution in [3.8, 4) is 0 Å². The number of anilines is 2. The second-order valence-electron chi connectivity index (χ2n) is 10.2. The van der Waals surface area contributed by atoms with E-state index in [1.807, 2.05) is 42.5 Å². The van der Waals surface area contributed by atoms with Crippen LogP contribution >= 0.6 is 0 Å². The molecule has 0 unspecified atom stereocenters. The number of para-hydroxylation sites is 1. The number of nitrogens with zero attached hydrogens (tertiary/aromatic N) is 3. The van der Waals surface area contributed by atoms with Crippen LogP contribution in [0.3, 0.4) is 0 Å². The van der Waals surface area contributed by atoms with Crippen LogP contribution in [-0.2, 0) is 4.79 Å². The number of likely N-dealkylation sites (tertiary alicyclic amines) is 1. The van der Waals surface area contributed by atoms with Crippen molar-refractivity contribution >= 4 is 29.0 Å². The van der Waals surface area contributed by atoms with Crippen LogP contribution in [0.25, 0.3) is 0 Å². The smallest absolute Gasteiger partial charge is 0.247 e. The highest BCUT2D eigenvalue weighted by molar-refractivity contribution is 5.98. The third kappa shape index (κ3) is 4.95. The van der Waals surface area contributed by atoms with E-state index in [0.29, 0.717) is 38.2 Å². The molecule has 0 radical (unpaired) electrons. The van der Waals surface area contributed by atoms with Gasteiger partial charge in [-0.05, 0) is 69.7 Å². The number of amides is 1. The van der Waals surface area contributed by atoms with E-state index in [4.69, 9.17) is 10.7 Å². The molecule has 2 heterocycles. The lowest BCUT2D eigenvalue weighted by Gasteiger charge is -2.44. The molecule has 4 N–H and O–H groups in total. The number of rotatable bonds is 4. The van der Waals surface area contributed by atoms with Crippen molar-refractivity contribution in [2.45, 2.75) is 63.1 Å². The van der Waals surface area contributed by atoms with E-state index >= 15 is 0 Å². The molecule has 1 amide bonds. The van der Waals surface area contributed by atoms with Crippen LogP contribution in [0, 0.1) is 0 Å². The third-order valence-corrected chi connectivity index (χ3v) is 7.87. The van der Waals surface area contributed by atoms with Gasteiger partial charge in [0.05, 0.1) is 12.7 Å². The van der Waals surface area contributed by atoms with Gasteiger partial charge in [0.2, 0.25) is 5.91 Å².